The molecule has 0 saturated heterocycles. The molecule has 0 amide bonds. The number of hydrogen-bond acceptors (Lipinski definition) is 2. The van der Waals surface area contributed by atoms with Gasteiger partial charge in [-0.2, -0.15) is 0 Å². The van der Waals surface area contributed by atoms with Crippen LogP contribution >= 0.6 is 0 Å². The standard InChI is InChI=1S/C9H24O2Si2/c1-9(11-13(5,6)7)8-10-12(2,3)4/h9H,8H2,1-7H3. The molecule has 0 aliphatic carbocycles. The Kier molecular flexibility index (Phi) is 4.86. The van der Waals surface area contributed by atoms with Crippen molar-refractivity contribution in [1.82, 2.24) is 0 Å². The summed E-state index contributed by atoms with van der Waals surface area (Å²) in [5.74, 6) is 0. The van der Waals surface area contributed by atoms with Gasteiger partial charge in [-0.15, -0.1) is 0 Å². The Balaban J connectivity index is 3.70. The third kappa shape index (κ3) is 10.3. The lowest BCUT2D eigenvalue weighted by atomic mass is 10.5. The van der Waals surface area contributed by atoms with E-state index in [9.17, 15) is 0 Å². The van der Waals surface area contributed by atoms with Crippen LogP contribution in [0.4, 0.5) is 0 Å². The lowest BCUT2D eigenvalue weighted by molar-refractivity contribution is 0.133. The van der Waals surface area contributed by atoms with Gasteiger partial charge in [0.2, 0.25) is 0 Å². The van der Waals surface area contributed by atoms with Crippen LogP contribution in [0.5, 0.6) is 0 Å². The summed E-state index contributed by atoms with van der Waals surface area (Å²) < 4.78 is 11.6. The molecule has 0 aromatic carbocycles. The largest absolute Gasteiger partial charge is 0.415 e. The molecule has 0 spiro atoms. The Hall–Kier alpha value is 0.354. The molecule has 0 radical (unpaired) electrons. The Morgan fingerprint density at radius 3 is 1.69 bits per heavy atom. The fourth-order valence-electron chi connectivity index (χ4n) is 1.00. The van der Waals surface area contributed by atoms with Crippen molar-refractivity contribution in [3.05, 3.63) is 0 Å². The minimum Gasteiger partial charge on any atom is -0.415 e. The van der Waals surface area contributed by atoms with Gasteiger partial charge in [0.25, 0.3) is 0 Å². The van der Waals surface area contributed by atoms with Crippen molar-refractivity contribution >= 4 is 16.6 Å². The minimum absolute atomic E-state index is 0.249. The van der Waals surface area contributed by atoms with Crippen molar-refractivity contribution in [3.63, 3.8) is 0 Å². The zero-order chi connectivity index (χ0) is 10.7. The van der Waals surface area contributed by atoms with Gasteiger partial charge in [0, 0.05) is 0 Å². The van der Waals surface area contributed by atoms with E-state index in [2.05, 4.69) is 46.2 Å². The molecule has 0 aromatic rings. The highest BCUT2D eigenvalue weighted by Gasteiger charge is 2.20. The van der Waals surface area contributed by atoms with Crippen molar-refractivity contribution in [3.8, 4) is 0 Å². The molecule has 80 valence electrons. The molecule has 0 bridgehead atoms. The molecule has 0 aliphatic rings. The number of rotatable bonds is 5. The van der Waals surface area contributed by atoms with Crippen LogP contribution in [-0.4, -0.2) is 29.3 Å². The molecule has 13 heavy (non-hydrogen) atoms. The highest BCUT2D eigenvalue weighted by atomic mass is 28.4. The second-order valence-electron chi connectivity index (χ2n) is 5.46. The minimum atomic E-state index is -1.38. The first-order valence-corrected chi connectivity index (χ1v) is 11.7. The molecule has 0 aliphatic heterocycles. The SMILES string of the molecule is CC(CO[Si](C)(C)C)O[Si](C)(C)C. The van der Waals surface area contributed by atoms with E-state index in [1.165, 1.54) is 0 Å². The van der Waals surface area contributed by atoms with Crippen molar-refractivity contribution in [1.29, 1.82) is 0 Å². The summed E-state index contributed by atoms with van der Waals surface area (Å²) in [5.41, 5.74) is 0. The predicted octanol–water partition coefficient (Wildman–Crippen LogP) is 3.08. The van der Waals surface area contributed by atoms with Crippen LogP contribution in [-0.2, 0) is 8.85 Å². The second-order valence-corrected chi connectivity index (χ2v) is 14.4. The molecule has 4 heteroatoms. The molecule has 0 saturated carbocycles. The summed E-state index contributed by atoms with van der Waals surface area (Å²) in [7, 11) is -2.74. The lowest BCUT2D eigenvalue weighted by Gasteiger charge is -2.26. The summed E-state index contributed by atoms with van der Waals surface area (Å²) in [6.07, 6.45) is 0.249. The monoisotopic (exact) mass is 220 g/mol. The molecule has 2 nitrogen and oxygen atoms in total. The van der Waals surface area contributed by atoms with Crippen LogP contribution < -0.4 is 0 Å². The average Bonchev–Trinajstić information content (AvgIpc) is 1.78. The van der Waals surface area contributed by atoms with Gasteiger partial charge in [-0.1, -0.05) is 0 Å². The van der Waals surface area contributed by atoms with Crippen molar-refractivity contribution in [2.45, 2.75) is 52.3 Å². The highest BCUT2D eigenvalue weighted by Crippen LogP contribution is 2.10. The van der Waals surface area contributed by atoms with E-state index >= 15 is 0 Å². The van der Waals surface area contributed by atoms with Crippen LogP contribution in [0.25, 0.3) is 0 Å². The molecule has 1 unspecified atom stereocenters. The zero-order valence-corrected chi connectivity index (χ0v) is 12.1. The first-order valence-electron chi connectivity index (χ1n) is 4.92. The summed E-state index contributed by atoms with van der Waals surface area (Å²) >= 11 is 0. The summed E-state index contributed by atoms with van der Waals surface area (Å²) in [6, 6.07) is 0. The summed E-state index contributed by atoms with van der Waals surface area (Å²) in [6.45, 7) is 16.1. The van der Waals surface area contributed by atoms with E-state index in [-0.39, 0.29) is 6.10 Å². The smallest absolute Gasteiger partial charge is 0.184 e. The molecule has 0 rings (SSSR count). The molecular formula is C9H24O2Si2. The molecule has 0 heterocycles. The van der Waals surface area contributed by atoms with Crippen molar-refractivity contribution in [2.24, 2.45) is 0 Å². The Morgan fingerprint density at radius 2 is 1.38 bits per heavy atom. The quantitative estimate of drug-likeness (QED) is 0.663. The van der Waals surface area contributed by atoms with Crippen molar-refractivity contribution < 1.29 is 8.85 Å². The van der Waals surface area contributed by atoms with E-state index < -0.39 is 16.6 Å². The predicted molar refractivity (Wildman–Crippen MR) is 63.2 cm³/mol. The van der Waals surface area contributed by atoms with Gasteiger partial charge in [-0.05, 0) is 46.2 Å². The maximum Gasteiger partial charge on any atom is 0.184 e. The zero-order valence-electron chi connectivity index (χ0n) is 10.1. The van der Waals surface area contributed by atoms with Gasteiger partial charge in [-0.3, -0.25) is 0 Å². The Bertz CT molecular complexity index is 147. The van der Waals surface area contributed by atoms with E-state index in [1.54, 1.807) is 0 Å². The molecule has 0 fully saturated rings. The third-order valence-corrected chi connectivity index (χ3v) is 3.45. The second kappa shape index (κ2) is 4.73. The van der Waals surface area contributed by atoms with Crippen LogP contribution in [0.2, 0.25) is 39.3 Å². The topological polar surface area (TPSA) is 18.5 Å². The third-order valence-electron chi connectivity index (χ3n) is 1.31. The van der Waals surface area contributed by atoms with Gasteiger partial charge in [0.15, 0.2) is 16.6 Å². The van der Waals surface area contributed by atoms with Crippen LogP contribution in [0.15, 0.2) is 0 Å². The number of hydrogen-bond donors (Lipinski definition) is 0. The fraction of sp³-hybridized carbons (Fsp3) is 1.00. The average molecular weight is 220 g/mol. The van der Waals surface area contributed by atoms with Gasteiger partial charge >= 0.3 is 0 Å². The fourth-order valence-corrected chi connectivity index (χ4v) is 3.01. The van der Waals surface area contributed by atoms with E-state index in [0.29, 0.717) is 0 Å². The van der Waals surface area contributed by atoms with Crippen LogP contribution in [0, 0.1) is 0 Å². The van der Waals surface area contributed by atoms with E-state index in [4.69, 9.17) is 8.85 Å². The highest BCUT2D eigenvalue weighted by molar-refractivity contribution is 6.70. The molecule has 0 N–H and O–H groups in total. The Labute approximate surface area is 84.9 Å². The maximum absolute atomic E-state index is 5.87. The summed E-state index contributed by atoms with van der Waals surface area (Å²) in [5, 5.41) is 0. The van der Waals surface area contributed by atoms with Crippen LogP contribution in [0.1, 0.15) is 6.92 Å². The maximum atomic E-state index is 5.87. The molecular weight excluding hydrogens is 196 g/mol. The molecule has 0 aromatic heterocycles. The lowest BCUT2D eigenvalue weighted by Crippen LogP contribution is -2.36. The van der Waals surface area contributed by atoms with E-state index in [1.807, 2.05) is 0 Å². The van der Waals surface area contributed by atoms with E-state index in [0.717, 1.165) is 6.61 Å². The Morgan fingerprint density at radius 1 is 0.923 bits per heavy atom. The first kappa shape index (κ1) is 13.4. The van der Waals surface area contributed by atoms with Gasteiger partial charge in [0.05, 0.1) is 12.7 Å². The van der Waals surface area contributed by atoms with Gasteiger partial charge in [0.1, 0.15) is 0 Å². The van der Waals surface area contributed by atoms with Gasteiger partial charge < -0.3 is 8.85 Å². The first-order chi connectivity index (χ1) is 5.60. The van der Waals surface area contributed by atoms with Gasteiger partial charge in [-0.25, -0.2) is 0 Å². The normalized spacial score (nSPS) is 15.9. The summed E-state index contributed by atoms with van der Waals surface area (Å²) in [4.78, 5) is 0. The van der Waals surface area contributed by atoms with Crippen LogP contribution in [0.3, 0.4) is 0 Å². The van der Waals surface area contributed by atoms with Crippen molar-refractivity contribution in [2.75, 3.05) is 6.61 Å². The molecule has 1 atom stereocenters.